The number of nitrogens with one attached hydrogen (secondary N) is 1. The fraction of sp³-hybridized carbons (Fsp3) is 0.571. The molecule has 0 amide bonds. The molecule has 0 unspecified atom stereocenters. The lowest BCUT2D eigenvalue weighted by molar-refractivity contribution is 0.279. The van der Waals surface area contributed by atoms with Crippen LogP contribution in [0.4, 0.5) is 0 Å². The maximum Gasteiger partial charge on any atom is 0.0685 e. The first kappa shape index (κ1) is 14.5. The van der Waals surface area contributed by atoms with Crippen LogP contribution in [-0.2, 0) is 13.2 Å². The third-order valence-corrected chi connectivity index (χ3v) is 3.48. The SMILES string of the molecule is Cl.OCc1ccccc1CNC1CCCCC1. The predicted octanol–water partition coefficient (Wildman–Crippen LogP) is 3.02. The number of aliphatic hydroxyl groups is 1. The summed E-state index contributed by atoms with van der Waals surface area (Å²) in [4.78, 5) is 0. The minimum absolute atomic E-state index is 0. The highest BCUT2D eigenvalue weighted by Gasteiger charge is 2.12. The molecule has 1 aromatic carbocycles. The molecule has 0 aromatic heterocycles. The zero-order valence-corrected chi connectivity index (χ0v) is 11.0. The topological polar surface area (TPSA) is 32.3 Å². The summed E-state index contributed by atoms with van der Waals surface area (Å²) in [5.41, 5.74) is 2.28. The van der Waals surface area contributed by atoms with Gasteiger partial charge in [-0.05, 0) is 24.0 Å². The summed E-state index contributed by atoms with van der Waals surface area (Å²) < 4.78 is 0. The second-order valence-electron chi connectivity index (χ2n) is 4.64. The Morgan fingerprint density at radius 2 is 1.71 bits per heavy atom. The highest BCUT2D eigenvalue weighted by atomic mass is 35.5. The Labute approximate surface area is 110 Å². The smallest absolute Gasteiger partial charge is 0.0685 e. The van der Waals surface area contributed by atoms with Gasteiger partial charge in [-0.1, -0.05) is 43.5 Å². The standard InChI is InChI=1S/C14H21NO.ClH/c16-11-13-7-5-4-6-12(13)10-15-14-8-2-1-3-9-14;/h4-7,14-16H,1-3,8-11H2;1H. The van der Waals surface area contributed by atoms with Crippen molar-refractivity contribution in [3.63, 3.8) is 0 Å². The van der Waals surface area contributed by atoms with Crippen molar-refractivity contribution >= 4 is 12.4 Å². The summed E-state index contributed by atoms with van der Waals surface area (Å²) in [6, 6.07) is 8.80. The van der Waals surface area contributed by atoms with Crippen molar-refractivity contribution in [2.45, 2.75) is 51.3 Å². The van der Waals surface area contributed by atoms with E-state index in [0.717, 1.165) is 12.1 Å². The van der Waals surface area contributed by atoms with Gasteiger partial charge in [0.2, 0.25) is 0 Å². The minimum Gasteiger partial charge on any atom is -0.392 e. The lowest BCUT2D eigenvalue weighted by atomic mass is 9.95. The van der Waals surface area contributed by atoms with Crippen molar-refractivity contribution in [3.05, 3.63) is 35.4 Å². The van der Waals surface area contributed by atoms with Crippen LogP contribution in [0.5, 0.6) is 0 Å². The molecule has 1 fully saturated rings. The van der Waals surface area contributed by atoms with Gasteiger partial charge >= 0.3 is 0 Å². The molecule has 0 radical (unpaired) electrons. The average Bonchev–Trinajstić information content (AvgIpc) is 2.38. The van der Waals surface area contributed by atoms with Crippen LogP contribution in [0.3, 0.4) is 0 Å². The van der Waals surface area contributed by atoms with Gasteiger partial charge in [-0.15, -0.1) is 12.4 Å². The monoisotopic (exact) mass is 255 g/mol. The molecular weight excluding hydrogens is 234 g/mol. The molecule has 17 heavy (non-hydrogen) atoms. The second kappa shape index (κ2) is 7.70. The Morgan fingerprint density at radius 1 is 1.06 bits per heavy atom. The van der Waals surface area contributed by atoms with Crippen molar-refractivity contribution in [2.75, 3.05) is 0 Å². The van der Waals surface area contributed by atoms with Crippen molar-refractivity contribution in [3.8, 4) is 0 Å². The van der Waals surface area contributed by atoms with Gasteiger partial charge in [0.15, 0.2) is 0 Å². The van der Waals surface area contributed by atoms with E-state index in [-0.39, 0.29) is 19.0 Å². The van der Waals surface area contributed by atoms with Crippen LogP contribution in [0, 0.1) is 0 Å². The zero-order chi connectivity index (χ0) is 11.2. The highest BCUT2D eigenvalue weighted by Crippen LogP contribution is 2.18. The summed E-state index contributed by atoms with van der Waals surface area (Å²) in [7, 11) is 0. The van der Waals surface area contributed by atoms with Crippen LogP contribution in [0.25, 0.3) is 0 Å². The third kappa shape index (κ3) is 4.30. The Bertz CT molecular complexity index is 324. The molecular formula is C14H22ClNO. The second-order valence-corrected chi connectivity index (χ2v) is 4.64. The number of rotatable bonds is 4. The van der Waals surface area contributed by atoms with Crippen molar-refractivity contribution < 1.29 is 5.11 Å². The maximum absolute atomic E-state index is 9.23. The number of hydrogen-bond acceptors (Lipinski definition) is 2. The van der Waals surface area contributed by atoms with Gasteiger partial charge in [-0.3, -0.25) is 0 Å². The van der Waals surface area contributed by atoms with Crippen LogP contribution in [0.15, 0.2) is 24.3 Å². The molecule has 96 valence electrons. The fourth-order valence-electron chi connectivity index (χ4n) is 2.45. The summed E-state index contributed by atoms with van der Waals surface area (Å²) in [6.45, 7) is 1.03. The maximum atomic E-state index is 9.23. The molecule has 0 saturated heterocycles. The van der Waals surface area contributed by atoms with Gasteiger partial charge in [0.1, 0.15) is 0 Å². The van der Waals surface area contributed by atoms with Crippen LogP contribution in [0.1, 0.15) is 43.2 Å². The normalized spacial score (nSPS) is 16.5. The predicted molar refractivity (Wildman–Crippen MR) is 73.3 cm³/mol. The van der Waals surface area contributed by atoms with E-state index < -0.39 is 0 Å². The minimum atomic E-state index is 0. The largest absolute Gasteiger partial charge is 0.392 e. The Balaban J connectivity index is 0.00000144. The fourth-order valence-corrected chi connectivity index (χ4v) is 2.45. The van der Waals surface area contributed by atoms with Crippen molar-refractivity contribution in [1.29, 1.82) is 0 Å². The number of hydrogen-bond donors (Lipinski definition) is 2. The van der Waals surface area contributed by atoms with Gasteiger partial charge in [0.25, 0.3) is 0 Å². The number of halogens is 1. The molecule has 0 bridgehead atoms. The van der Waals surface area contributed by atoms with E-state index in [2.05, 4.69) is 11.4 Å². The third-order valence-electron chi connectivity index (χ3n) is 3.48. The van der Waals surface area contributed by atoms with Gasteiger partial charge in [0.05, 0.1) is 6.61 Å². The molecule has 2 nitrogen and oxygen atoms in total. The molecule has 2 rings (SSSR count). The first-order chi connectivity index (χ1) is 7.90. The van der Waals surface area contributed by atoms with E-state index in [9.17, 15) is 5.11 Å². The van der Waals surface area contributed by atoms with E-state index in [1.165, 1.54) is 37.7 Å². The lowest BCUT2D eigenvalue weighted by Crippen LogP contribution is -2.30. The molecule has 0 heterocycles. The number of benzene rings is 1. The molecule has 1 aromatic rings. The molecule has 2 N–H and O–H groups in total. The van der Waals surface area contributed by atoms with Crippen molar-refractivity contribution in [1.82, 2.24) is 5.32 Å². The Hall–Kier alpha value is -0.570. The molecule has 1 saturated carbocycles. The quantitative estimate of drug-likeness (QED) is 0.867. The van der Waals surface area contributed by atoms with Crippen LogP contribution in [-0.4, -0.2) is 11.1 Å². The van der Waals surface area contributed by atoms with E-state index >= 15 is 0 Å². The summed E-state index contributed by atoms with van der Waals surface area (Å²) in [5.74, 6) is 0. The summed E-state index contributed by atoms with van der Waals surface area (Å²) in [6.07, 6.45) is 6.73. The molecule has 0 aliphatic heterocycles. The highest BCUT2D eigenvalue weighted by molar-refractivity contribution is 5.85. The first-order valence-corrected chi connectivity index (χ1v) is 6.31. The van der Waals surface area contributed by atoms with E-state index in [1.54, 1.807) is 0 Å². The molecule has 1 aliphatic rings. The summed E-state index contributed by atoms with van der Waals surface area (Å²) in [5, 5.41) is 12.8. The van der Waals surface area contributed by atoms with E-state index in [0.29, 0.717) is 6.04 Å². The Kier molecular flexibility index (Phi) is 6.56. The number of aliphatic hydroxyl groups excluding tert-OH is 1. The van der Waals surface area contributed by atoms with Crippen LogP contribution >= 0.6 is 12.4 Å². The van der Waals surface area contributed by atoms with E-state index in [1.807, 2.05) is 18.2 Å². The van der Waals surface area contributed by atoms with Gasteiger partial charge in [-0.25, -0.2) is 0 Å². The van der Waals surface area contributed by atoms with E-state index in [4.69, 9.17) is 0 Å². The summed E-state index contributed by atoms with van der Waals surface area (Å²) >= 11 is 0. The lowest BCUT2D eigenvalue weighted by Gasteiger charge is -2.23. The Morgan fingerprint density at radius 3 is 2.35 bits per heavy atom. The molecule has 3 heteroatoms. The zero-order valence-electron chi connectivity index (χ0n) is 10.2. The van der Waals surface area contributed by atoms with Crippen LogP contribution in [0.2, 0.25) is 0 Å². The van der Waals surface area contributed by atoms with Crippen molar-refractivity contribution in [2.24, 2.45) is 0 Å². The molecule has 0 atom stereocenters. The van der Waals surface area contributed by atoms with Crippen LogP contribution < -0.4 is 5.32 Å². The van der Waals surface area contributed by atoms with Gasteiger partial charge < -0.3 is 10.4 Å². The molecule has 1 aliphatic carbocycles. The molecule has 0 spiro atoms. The average molecular weight is 256 g/mol. The first-order valence-electron chi connectivity index (χ1n) is 6.31. The van der Waals surface area contributed by atoms with Gasteiger partial charge in [-0.2, -0.15) is 0 Å². The van der Waals surface area contributed by atoms with Gasteiger partial charge in [0, 0.05) is 12.6 Å².